The average molecular weight is 211 g/mol. The second-order valence-corrected chi connectivity index (χ2v) is 3.89. The van der Waals surface area contributed by atoms with E-state index in [-0.39, 0.29) is 17.7 Å². The Kier molecular flexibility index (Phi) is 6.72. The first kappa shape index (κ1) is 13.9. The molecule has 1 amide bonds. The van der Waals surface area contributed by atoms with Crippen molar-refractivity contribution in [3.63, 3.8) is 0 Å². The van der Waals surface area contributed by atoms with Gasteiger partial charge in [0.1, 0.15) is 0 Å². The van der Waals surface area contributed by atoms with E-state index in [2.05, 4.69) is 6.07 Å². The van der Waals surface area contributed by atoms with Crippen LogP contribution in [0.5, 0.6) is 0 Å². The molecule has 0 fully saturated rings. The van der Waals surface area contributed by atoms with Crippen LogP contribution in [0.15, 0.2) is 0 Å². The average Bonchev–Trinajstić information content (AvgIpc) is 2.24. The lowest BCUT2D eigenvalue weighted by atomic mass is 10.1. The minimum absolute atomic E-state index is 0.0409. The summed E-state index contributed by atoms with van der Waals surface area (Å²) in [6, 6.07) is 2.14. The number of nitrogens with two attached hydrogens (primary N) is 1. The van der Waals surface area contributed by atoms with Gasteiger partial charge in [0, 0.05) is 19.0 Å². The third-order valence-corrected chi connectivity index (χ3v) is 2.43. The Morgan fingerprint density at radius 1 is 1.53 bits per heavy atom. The minimum Gasteiger partial charge on any atom is -0.341 e. The third kappa shape index (κ3) is 4.80. The number of nitriles is 1. The fourth-order valence-electron chi connectivity index (χ4n) is 1.43. The van der Waals surface area contributed by atoms with Crippen LogP contribution < -0.4 is 5.73 Å². The Hall–Kier alpha value is -1.08. The largest absolute Gasteiger partial charge is 0.341 e. The topological polar surface area (TPSA) is 70.1 Å². The fourth-order valence-corrected chi connectivity index (χ4v) is 1.43. The molecule has 2 atom stereocenters. The molecule has 86 valence electrons. The molecule has 2 unspecified atom stereocenters. The van der Waals surface area contributed by atoms with Crippen molar-refractivity contribution in [3.8, 4) is 6.07 Å². The maximum absolute atomic E-state index is 11.9. The summed E-state index contributed by atoms with van der Waals surface area (Å²) in [5, 5.41) is 8.69. The third-order valence-electron chi connectivity index (χ3n) is 2.43. The SMILES string of the molecule is CCN(CC(C)C#N)C(=O)C(C)CCN. The van der Waals surface area contributed by atoms with Crippen molar-refractivity contribution >= 4 is 5.91 Å². The Balaban J connectivity index is 4.28. The number of rotatable bonds is 6. The van der Waals surface area contributed by atoms with Gasteiger partial charge < -0.3 is 10.6 Å². The highest BCUT2D eigenvalue weighted by molar-refractivity contribution is 5.78. The highest BCUT2D eigenvalue weighted by atomic mass is 16.2. The number of carbonyl (C=O) groups excluding carboxylic acids is 1. The molecule has 0 aromatic heterocycles. The lowest BCUT2D eigenvalue weighted by molar-refractivity contribution is -0.135. The molecule has 0 saturated carbocycles. The van der Waals surface area contributed by atoms with Crippen molar-refractivity contribution in [3.05, 3.63) is 0 Å². The molecular formula is C11H21N3O. The number of carbonyl (C=O) groups is 1. The molecule has 0 aromatic carbocycles. The Bertz CT molecular complexity index is 234. The van der Waals surface area contributed by atoms with Gasteiger partial charge in [-0.2, -0.15) is 5.26 Å². The van der Waals surface area contributed by atoms with Crippen LogP contribution in [-0.4, -0.2) is 30.4 Å². The van der Waals surface area contributed by atoms with Gasteiger partial charge in [-0.1, -0.05) is 6.92 Å². The lowest BCUT2D eigenvalue weighted by Crippen LogP contribution is -2.38. The van der Waals surface area contributed by atoms with E-state index in [1.807, 2.05) is 20.8 Å². The summed E-state index contributed by atoms with van der Waals surface area (Å²) in [4.78, 5) is 13.6. The molecule has 0 spiro atoms. The van der Waals surface area contributed by atoms with E-state index in [1.165, 1.54) is 0 Å². The van der Waals surface area contributed by atoms with E-state index in [4.69, 9.17) is 11.0 Å². The highest BCUT2D eigenvalue weighted by Gasteiger charge is 2.19. The van der Waals surface area contributed by atoms with Gasteiger partial charge in [-0.3, -0.25) is 4.79 Å². The zero-order chi connectivity index (χ0) is 11.8. The van der Waals surface area contributed by atoms with Crippen LogP contribution in [-0.2, 0) is 4.79 Å². The number of nitrogens with zero attached hydrogens (tertiary/aromatic N) is 2. The normalized spacial score (nSPS) is 14.1. The Labute approximate surface area is 92.0 Å². The lowest BCUT2D eigenvalue weighted by Gasteiger charge is -2.25. The molecule has 0 saturated heterocycles. The molecule has 4 heteroatoms. The van der Waals surface area contributed by atoms with Crippen molar-refractivity contribution in [2.24, 2.45) is 17.6 Å². The van der Waals surface area contributed by atoms with Crippen LogP contribution in [0, 0.1) is 23.2 Å². The molecule has 0 aliphatic rings. The van der Waals surface area contributed by atoms with Crippen molar-refractivity contribution in [2.75, 3.05) is 19.6 Å². The second-order valence-electron chi connectivity index (χ2n) is 3.89. The van der Waals surface area contributed by atoms with E-state index in [9.17, 15) is 4.79 Å². The molecule has 0 heterocycles. The summed E-state index contributed by atoms with van der Waals surface area (Å²) in [6.45, 7) is 7.33. The summed E-state index contributed by atoms with van der Waals surface area (Å²) in [7, 11) is 0. The molecule has 0 aliphatic heterocycles. The molecule has 0 aliphatic carbocycles. The molecule has 0 bridgehead atoms. The molecular weight excluding hydrogens is 190 g/mol. The molecule has 0 aromatic rings. The van der Waals surface area contributed by atoms with Crippen LogP contribution >= 0.6 is 0 Å². The Morgan fingerprint density at radius 2 is 2.13 bits per heavy atom. The van der Waals surface area contributed by atoms with Gasteiger partial charge >= 0.3 is 0 Å². The second kappa shape index (κ2) is 7.24. The van der Waals surface area contributed by atoms with Gasteiger partial charge in [0.05, 0.1) is 12.0 Å². The quantitative estimate of drug-likeness (QED) is 0.712. The van der Waals surface area contributed by atoms with E-state index in [0.29, 0.717) is 26.1 Å². The monoisotopic (exact) mass is 211 g/mol. The van der Waals surface area contributed by atoms with E-state index >= 15 is 0 Å². The van der Waals surface area contributed by atoms with Crippen LogP contribution in [0.1, 0.15) is 27.2 Å². The smallest absolute Gasteiger partial charge is 0.225 e. The van der Waals surface area contributed by atoms with Gasteiger partial charge in [0.2, 0.25) is 5.91 Å². The molecule has 0 rings (SSSR count). The maximum Gasteiger partial charge on any atom is 0.225 e. The number of hydrogen-bond acceptors (Lipinski definition) is 3. The zero-order valence-electron chi connectivity index (χ0n) is 9.86. The van der Waals surface area contributed by atoms with Gasteiger partial charge in [0.15, 0.2) is 0 Å². The fraction of sp³-hybridized carbons (Fsp3) is 0.818. The predicted octanol–water partition coefficient (Wildman–Crippen LogP) is 0.979. The van der Waals surface area contributed by atoms with E-state index < -0.39 is 0 Å². The summed E-state index contributed by atoms with van der Waals surface area (Å²) >= 11 is 0. The first-order valence-electron chi connectivity index (χ1n) is 5.45. The molecule has 4 nitrogen and oxygen atoms in total. The summed E-state index contributed by atoms with van der Waals surface area (Å²) in [6.07, 6.45) is 0.705. The first-order valence-corrected chi connectivity index (χ1v) is 5.45. The molecule has 2 N–H and O–H groups in total. The first-order chi connectivity index (χ1) is 7.06. The van der Waals surface area contributed by atoms with Crippen molar-refractivity contribution < 1.29 is 4.79 Å². The summed E-state index contributed by atoms with van der Waals surface area (Å²) < 4.78 is 0. The molecule has 0 radical (unpaired) electrons. The van der Waals surface area contributed by atoms with Crippen molar-refractivity contribution in [1.29, 1.82) is 5.26 Å². The van der Waals surface area contributed by atoms with Crippen molar-refractivity contribution in [1.82, 2.24) is 4.90 Å². The number of hydrogen-bond donors (Lipinski definition) is 1. The van der Waals surface area contributed by atoms with Crippen molar-refractivity contribution in [2.45, 2.75) is 27.2 Å². The summed E-state index contributed by atoms with van der Waals surface area (Å²) in [5.41, 5.74) is 5.41. The Morgan fingerprint density at radius 3 is 2.53 bits per heavy atom. The minimum atomic E-state index is -0.112. The standard InChI is InChI=1S/C11H21N3O/c1-4-14(8-9(2)7-13)11(15)10(3)5-6-12/h9-10H,4-6,8,12H2,1-3H3. The van der Waals surface area contributed by atoms with Crippen LogP contribution in [0.3, 0.4) is 0 Å². The highest BCUT2D eigenvalue weighted by Crippen LogP contribution is 2.08. The van der Waals surface area contributed by atoms with Crippen LogP contribution in [0.2, 0.25) is 0 Å². The maximum atomic E-state index is 11.9. The van der Waals surface area contributed by atoms with Gasteiger partial charge in [-0.15, -0.1) is 0 Å². The van der Waals surface area contributed by atoms with Gasteiger partial charge in [0.25, 0.3) is 0 Å². The van der Waals surface area contributed by atoms with E-state index in [1.54, 1.807) is 4.90 Å². The van der Waals surface area contributed by atoms with Crippen LogP contribution in [0.4, 0.5) is 0 Å². The predicted molar refractivity (Wildman–Crippen MR) is 59.9 cm³/mol. The number of amides is 1. The van der Waals surface area contributed by atoms with Gasteiger partial charge in [-0.25, -0.2) is 0 Å². The van der Waals surface area contributed by atoms with E-state index in [0.717, 1.165) is 0 Å². The van der Waals surface area contributed by atoms with Gasteiger partial charge in [-0.05, 0) is 26.8 Å². The molecule has 15 heavy (non-hydrogen) atoms. The summed E-state index contributed by atoms with van der Waals surface area (Å²) in [5.74, 6) is -0.0510. The zero-order valence-corrected chi connectivity index (χ0v) is 9.86. The van der Waals surface area contributed by atoms with Crippen LogP contribution in [0.25, 0.3) is 0 Å².